The summed E-state index contributed by atoms with van der Waals surface area (Å²) in [6.45, 7) is 8.93. The molecular formula is C16H26O3. The van der Waals surface area contributed by atoms with Gasteiger partial charge in [-0.05, 0) is 49.4 Å². The van der Waals surface area contributed by atoms with Crippen molar-refractivity contribution in [1.29, 1.82) is 0 Å². The van der Waals surface area contributed by atoms with Crippen molar-refractivity contribution < 1.29 is 14.6 Å². The molecule has 1 N–H and O–H groups in total. The molecule has 0 aromatic heterocycles. The monoisotopic (exact) mass is 266 g/mol. The van der Waals surface area contributed by atoms with Gasteiger partial charge in [-0.1, -0.05) is 20.8 Å². The Kier molecular flexibility index (Phi) is 2.65. The number of fused-ring (bicyclic) bond motifs is 3. The Morgan fingerprint density at radius 1 is 1.16 bits per heavy atom. The van der Waals surface area contributed by atoms with Gasteiger partial charge in [-0.2, -0.15) is 0 Å². The highest BCUT2D eigenvalue weighted by atomic mass is 16.6. The van der Waals surface area contributed by atoms with Gasteiger partial charge in [-0.3, -0.25) is 4.79 Å². The predicted octanol–water partition coefficient (Wildman–Crippen LogP) is 2.91. The number of hydrogen-bond acceptors (Lipinski definition) is 3. The molecular weight excluding hydrogens is 240 g/mol. The number of hydrogen-bond donors (Lipinski definition) is 1. The van der Waals surface area contributed by atoms with Crippen molar-refractivity contribution in [3.63, 3.8) is 0 Å². The second-order valence-corrected chi connectivity index (χ2v) is 8.19. The zero-order valence-corrected chi connectivity index (χ0v) is 12.5. The van der Waals surface area contributed by atoms with Gasteiger partial charge in [-0.25, -0.2) is 0 Å². The third kappa shape index (κ3) is 1.77. The average Bonchev–Trinajstić information content (AvgIpc) is 2.51. The molecule has 2 saturated carbocycles. The topological polar surface area (TPSA) is 46.5 Å². The number of carbonyl (C=O) groups is 1. The maximum absolute atomic E-state index is 11.8. The van der Waals surface area contributed by atoms with Gasteiger partial charge in [0.25, 0.3) is 0 Å². The summed E-state index contributed by atoms with van der Waals surface area (Å²) in [5, 5.41) is 10.3. The highest BCUT2D eigenvalue weighted by Gasteiger charge is 2.63. The van der Waals surface area contributed by atoms with Crippen LogP contribution < -0.4 is 0 Å². The highest BCUT2D eigenvalue weighted by molar-refractivity contribution is 5.73. The molecule has 1 heterocycles. The third-order valence-corrected chi connectivity index (χ3v) is 6.36. The second-order valence-electron chi connectivity index (χ2n) is 8.19. The minimum Gasteiger partial charge on any atom is -0.459 e. The lowest BCUT2D eigenvalue weighted by Crippen LogP contribution is -2.58. The van der Waals surface area contributed by atoms with E-state index in [1.807, 2.05) is 0 Å². The first-order valence-corrected chi connectivity index (χ1v) is 7.57. The fraction of sp³-hybridized carbons (Fsp3) is 0.938. The molecule has 19 heavy (non-hydrogen) atoms. The molecule has 3 aliphatic rings. The smallest absolute Gasteiger partial charge is 0.306 e. The standard InChI is InChI=1S/C16H26O3/c1-14(2)8-10(17)9-15(3)11(14)5-6-16(4)12(15)7-13(18)19-16/h10-12,17H,5-9H2,1-4H3/t10?,11-,12+,15-,16+/m0/s1. The first-order chi connectivity index (χ1) is 8.67. The molecule has 0 bridgehead atoms. The van der Waals surface area contributed by atoms with E-state index in [-0.39, 0.29) is 34.4 Å². The summed E-state index contributed by atoms with van der Waals surface area (Å²) in [5.74, 6) is 0.795. The molecule has 1 unspecified atom stereocenters. The summed E-state index contributed by atoms with van der Waals surface area (Å²) < 4.78 is 5.65. The van der Waals surface area contributed by atoms with Crippen LogP contribution in [0.3, 0.4) is 0 Å². The van der Waals surface area contributed by atoms with E-state index < -0.39 is 0 Å². The first-order valence-electron chi connectivity index (χ1n) is 7.57. The summed E-state index contributed by atoms with van der Waals surface area (Å²) in [4.78, 5) is 11.8. The van der Waals surface area contributed by atoms with Gasteiger partial charge in [-0.15, -0.1) is 0 Å². The Morgan fingerprint density at radius 3 is 2.53 bits per heavy atom. The van der Waals surface area contributed by atoms with Crippen molar-refractivity contribution in [2.24, 2.45) is 22.7 Å². The van der Waals surface area contributed by atoms with Crippen LogP contribution in [0.15, 0.2) is 0 Å². The largest absolute Gasteiger partial charge is 0.459 e. The third-order valence-electron chi connectivity index (χ3n) is 6.36. The number of carbonyl (C=O) groups excluding carboxylic acids is 1. The zero-order valence-electron chi connectivity index (χ0n) is 12.5. The molecule has 3 nitrogen and oxygen atoms in total. The Balaban J connectivity index is 2.02. The number of aliphatic hydroxyl groups excluding tert-OH is 1. The van der Waals surface area contributed by atoms with Crippen molar-refractivity contribution in [3.8, 4) is 0 Å². The van der Waals surface area contributed by atoms with E-state index in [1.54, 1.807) is 0 Å². The lowest BCUT2D eigenvalue weighted by atomic mass is 9.45. The van der Waals surface area contributed by atoms with Crippen molar-refractivity contribution in [2.75, 3.05) is 0 Å². The molecule has 1 saturated heterocycles. The van der Waals surface area contributed by atoms with E-state index in [0.717, 1.165) is 25.7 Å². The molecule has 2 aliphatic carbocycles. The van der Waals surface area contributed by atoms with Crippen LogP contribution >= 0.6 is 0 Å². The van der Waals surface area contributed by atoms with Crippen LogP contribution in [-0.2, 0) is 9.53 Å². The van der Waals surface area contributed by atoms with E-state index in [2.05, 4.69) is 27.7 Å². The van der Waals surface area contributed by atoms with Crippen LogP contribution in [0.2, 0.25) is 0 Å². The van der Waals surface area contributed by atoms with Crippen molar-refractivity contribution in [1.82, 2.24) is 0 Å². The fourth-order valence-electron chi connectivity index (χ4n) is 5.81. The lowest BCUT2D eigenvalue weighted by Gasteiger charge is -2.60. The van der Waals surface area contributed by atoms with E-state index >= 15 is 0 Å². The van der Waals surface area contributed by atoms with Gasteiger partial charge >= 0.3 is 5.97 Å². The Morgan fingerprint density at radius 2 is 1.84 bits per heavy atom. The summed E-state index contributed by atoms with van der Waals surface area (Å²) in [5.41, 5.74) is -0.116. The predicted molar refractivity (Wildman–Crippen MR) is 72.5 cm³/mol. The van der Waals surface area contributed by atoms with E-state index in [4.69, 9.17) is 4.74 Å². The molecule has 0 aromatic rings. The number of ether oxygens (including phenoxy) is 1. The Bertz CT molecular complexity index is 416. The second kappa shape index (κ2) is 3.75. The van der Waals surface area contributed by atoms with Crippen LogP contribution in [0.25, 0.3) is 0 Å². The maximum Gasteiger partial charge on any atom is 0.306 e. The minimum absolute atomic E-state index is 0.0281. The van der Waals surface area contributed by atoms with Crippen LogP contribution in [-0.4, -0.2) is 22.8 Å². The normalized spacial score (nSPS) is 52.3. The minimum atomic E-state index is -0.296. The lowest BCUT2D eigenvalue weighted by molar-refractivity contribution is -0.176. The van der Waals surface area contributed by atoms with E-state index in [1.165, 1.54) is 0 Å². The molecule has 3 heteroatoms. The highest BCUT2D eigenvalue weighted by Crippen LogP contribution is 2.64. The van der Waals surface area contributed by atoms with Gasteiger partial charge in [0.15, 0.2) is 0 Å². The van der Waals surface area contributed by atoms with Crippen LogP contribution in [0.1, 0.15) is 59.8 Å². The number of esters is 1. The molecule has 0 amide bonds. The van der Waals surface area contributed by atoms with E-state index in [0.29, 0.717) is 12.3 Å². The molecule has 3 rings (SSSR count). The van der Waals surface area contributed by atoms with Gasteiger partial charge in [0.1, 0.15) is 5.60 Å². The van der Waals surface area contributed by atoms with Crippen LogP contribution in [0, 0.1) is 22.7 Å². The van der Waals surface area contributed by atoms with Gasteiger partial charge in [0.05, 0.1) is 12.5 Å². The van der Waals surface area contributed by atoms with Gasteiger partial charge in [0, 0.05) is 5.92 Å². The maximum atomic E-state index is 11.8. The SMILES string of the molecule is CC1(C)CC(O)C[C@]2(C)[C@H]3CC(=O)O[C@]3(C)CC[C@@H]12. The molecule has 0 radical (unpaired) electrons. The van der Waals surface area contributed by atoms with Crippen molar-refractivity contribution >= 4 is 5.97 Å². The van der Waals surface area contributed by atoms with Gasteiger partial charge in [0.2, 0.25) is 0 Å². The van der Waals surface area contributed by atoms with Crippen molar-refractivity contribution in [2.45, 2.75) is 71.5 Å². The van der Waals surface area contributed by atoms with Gasteiger partial charge < -0.3 is 9.84 Å². The molecule has 108 valence electrons. The zero-order chi connectivity index (χ0) is 14.1. The molecule has 3 fully saturated rings. The molecule has 0 aromatic carbocycles. The quantitative estimate of drug-likeness (QED) is 0.686. The Hall–Kier alpha value is -0.570. The Labute approximate surface area is 115 Å². The summed E-state index contributed by atoms with van der Waals surface area (Å²) >= 11 is 0. The average molecular weight is 266 g/mol. The first kappa shape index (κ1) is 13.4. The van der Waals surface area contributed by atoms with Crippen LogP contribution in [0.4, 0.5) is 0 Å². The molecule has 0 spiro atoms. The summed E-state index contributed by atoms with van der Waals surface area (Å²) in [6, 6.07) is 0. The van der Waals surface area contributed by atoms with Crippen LogP contribution in [0.5, 0.6) is 0 Å². The number of rotatable bonds is 0. The fourth-order valence-corrected chi connectivity index (χ4v) is 5.81. The summed E-state index contributed by atoms with van der Waals surface area (Å²) in [6.07, 6.45) is 4.07. The molecule has 5 atom stereocenters. The summed E-state index contributed by atoms with van der Waals surface area (Å²) in [7, 11) is 0. The molecule has 1 aliphatic heterocycles. The van der Waals surface area contributed by atoms with E-state index in [9.17, 15) is 9.90 Å². The van der Waals surface area contributed by atoms with Crippen molar-refractivity contribution in [3.05, 3.63) is 0 Å². The number of aliphatic hydroxyl groups is 1.